The molecule has 0 saturated carbocycles. The number of nitrogens with zero attached hydrogens (tertiary/aromatic N) is 1. The Labute approximate surface area is 265 Å². The number of allylic oxidation sites excluding steroid dienone is 4. The summed E-state index contributed by atoms with van der Waals surface area (Å²) >= 11 is 6.84. The first-order valence-electron chi connectivity index (χ1n) is 15.4. The molecule has 0 radical (unpaired) electrons. The number of ketones is 2. The fourth-order valence-corrected chi connectivity index (χ4v) is 7.25. The van der Waals surface area contributed by atoms with E-state index in [1.54, 1.807) is 12.1 Å². The number of anilines is 1. The van der Waals surface area contributed by atoms with Crippen molar-refractivity contribution in [2.75, 3.05) is 25.6 Å². The molecule has 5 rings (SSSR count). The molecule has 0 fully saturated rings. The monoisotopic (exact) mass is 618 g/mol. The van der Waals surface area contributed by atoms with E-state index in [1.165, 1.54) is 7.11 Å². The van der Waals surface area contributed by atoms with E-state index in [4.69, 9.17) is 21.1 Å². The Kier molecular flexibility index (Phi) is 8.74. The van der Waals surface area contributed by atoms with Crippen LogP contribution >= 0.6 is 11.6 Å². The number of Topliss-reactive ketones (excluding diaryl/α,β-unsaturated/α-hetero) is 2. The highest BCUT2D eigenvalue weighted by molar-refractivity contribution is 6.32. The molecule has 234 valence electrons. The van der Waals surface area contributed by atoms with Crippen molar-refractivity contribution < 1.29 is 23.9 Å². The molecule has 1 amide bonds. The Hall–Kier alpha value is -3.58. The third-order valence-electron chi connectivity index (χ3n) is 8.70. The summed E-state index contributed by atoms with van der Waals surface area (Å²) in [4.78, 5) is 42.9. The van der Waals surface area contributed by atoms with Crippen molar-refractivity contribution in [2.45, 2.75) is 79.6 Å². The number of benzene rings is 2. The second-order valence-electron chi connectivity index (χ2n) is 13.9. The highest BCUT2D eigenvalue weighted by Gasteiger charge is 2.49. The van der Waals surface area contributed by atoms with Crippen LogP contribution < -0.4 is 14.8 Å². The molecule has 2 aromatic carbocycles. The van der Waals surface area contributed by atoms with E-state index in [2.05, 4.69) is 44.8 Å². The number of carbonyl (C=O) groups is 3. The maximum absolute atomic E-state index is 14.0. The Morgan fingerprint density at radius 3 is 2.14 bits per heavy atom. The van der Waals surface area contributed by atoms with Gasteiger partial charge in [-0.1, -0.05) is 58.4 Å². The van der Waals surface area contributed by atoms with Crippen molar-refractivity contribution in [3.05, 3.63) is 75.1 Å². The first kappa shape index (κ1) is 31.8. The summed E-state index contributed by atoms with van der Waals surface area (Å²) in [7, 11) is 1.51. The predicted octanol–water partition coefficient (Wildman–Crippen LogP) is 7.77. The second kappa shape index (κ2) is 12.1. The van der Waals surface area contributed by atoms with Gasteiger partial charge in [0.1, 0.15) is 0 Å². The minimum absolute atomic E-state index is 0.0646. The lowest BCUT2D eigenvalue weighted by atomic mass is 9.63. The molecule has 8 heteroatoms. The largest absolute Gasteiger partial charge is 0.493 e. The molecule has 7 nitrogen and oxygen atoms in total. The lowest BCUT2D eigenvalue weighted by Gasteiger charge is -2.49. The summed E-state index contributed by atoms with van der Waals surface area (Å²) in [5, 5.41) is 3.08. The predicted molar refractivity (Wildman–Crippen MR) is 173 cm³/mol. The van der Waals surface area contributed by atoms with Gasteiger partial charge in [0.2, 0.25) is 0 Å². The fraction of sp³-hybridized carbons (Fsp3) is 0.472. The molecule has 0 bridgehead atoms. The summed E-state index contributed by atoms with van der Waals surface area (Å²) in [6.07, 6.45) is 3.21. The average molecular weight is 619 g/mol. The van der Waals surface area contributed by atoms with Crippen LogP contribution in [-0.2, 0) is 14.4 Å². The number of amides is 1. The van der Waals surface area contributed by atoms with Gasteiger partial charge in [0.25, 0.3) is 5.91 Å². The van der Waals surface area contributed by atoms with E-state index in [-0.39, 0.29) is 45.7 Å². The van der Waals surface area contributed by atoms with Gasteiger partial charge in [0, 0.05) is 53.5 Å². The van der Waals surface area contributed by atoms with E-state index < -0.39 is 5.92 Å². The van der Waals surface area contributed by atoms with Gasteiger partial charge in [-0.3, -0.25) is 14.4 Å². The maximum atomic E-state index is 14.0. The summed E-state index contributed by atoms with van der Waals surface area (Å²) in [5.74, 6) is -0.189. The van der Waals surface area contributed by atoms with E-state index in [0.29, 0.717) is 41.0 Å². The maximum Gasteiger partial charge on any atom is 0.262 e. The normalized spacial score (nSPS) is 19.5. The standard InChI is InChI=1S/C36H43ClN2O5/c1-8-12-39-25-16-35(3,4)18-27(40)32(25)31(33-26(39)17-36(5,6)19-28(33)41)22-14-24(37)34(29(15-22)43-7)44-20-30(42)38-23-11-9-10-21(2)13-23/h9-11,13-15,31H,8,12,16-20H2,1-7H3,(H,38,42). The number of halogens is 1. The summed E-state index contributed by atoms with van der Waals surface area (Å²) in [6, 6.07) is 11.1. The van der Waals surface area contributed by atoms with E-state index >= 15 is 0 Å². The SMILES string of the molecule is CCCN1C2=C(C(=O)CC(C)(C)C2)C(c2cc(Cl)c(OCC(=O)Nc3cccc(C)c3)c(OC)c2)C2=C1CC(C)(C)CC2=O. The summed E-state index contributed by atoms with van der Waals surface area (Å²) in [6.45, 7) is 13.1. The molecular formula is C36H43ClN2O5. The zero-order chi connectivity index (χ0) is 32.0. The van der Waals surface area contributed by atoms with Crippen LogP contribution in [0.2, 0.25) is 5.02 Å². The first-order valence-corrected chi connectivity index (χ1v) is 15.8. The molecule has 1 heterocycles. The van der Waals surface area contributed by atoms with Crippen molar-refractivity contribution in [2.24, 2.45) is 10.8 Å². The number of nitrogens with one attached hydrogen (secondary N) is 1. The number of rotatable bonds is 8. The molecule has 44 heavy (non-hydrogen) atoms. The molecule has 0 spiro atoms. The molecule has 0 saturated heterocycles. The topological polar surface area (TPSA) is 84.9 Å². The second-order valence-corrected chi connectivity index (χ2v) is 14.3. The van der Waals surface area contributed by atoms with Gasteiger partial charge in [0.15, 0.2) is 29.7 Å². The zero-order valence-corrected chi connectivity index (χ0v) is 27.6. The summed E-state index contributed by atoms with van der Waals surface area (Å²) in [5.41, 5.74) is 5.45. The number of ether oxygens (including phenoxy) is 2. The van der Waals surface area contributed by atoms with Gasteiger partial charge in [-0.25, -0.2) is 0 Å². The summed E-state index contributed by atoms with van der Waals surface area (Å²) < 4.78 is 11.6. The minimum Gasteiger partial charge on any atom is -0.493 e. The highest BCUT2D eigenvalue weighted by Crippen LogP contribution is 2.55. The number of carbonyl (C=O) groups excluding carboxylic acids is 3. The molecule has 1 N–H and O–H groups in total. The third-order valence-corrected chi connectivity index (χ3v) is 8.98. The Morgan fingerprint density at radius 1 is 0.977 bits per heavy atom. The Bertz CT molecular complexity index is 1530. The number of hydrogen-bond acceptors (Lipinski definition) is 6. The Morgan fingerprint density at radius 2 is 1.59 bits per heavy atom. The van der Waals surface area contributed by atoms with Crippen molar-refractivity contribution in [1.29, 1.82) is 0 Å². The molecule has 3 aliphatic rings. The van der Waals surface area contributed by atoms with E-state index in [9.17, 15) is 14.4 Å². The zero-order valence-electron chi connectivity index (χ0n) is 26.9. The van der Waals surface area contributed by atoms with Crippen LogP contribution in [0.4, 0.5) is 5.69 Å². The van der Waals surface area contributed by atoms with Gasteiger partial charge >= 0.3 is 0 Å². The van der Waals surface area contributed by atoms with Crippen LogP contribution in [0, 0.1) is 17.8 Å². The number of methoxy groups -OCH3 is 1. The lowest BCUT2D eigenvalue weighted by molar-refractivity contribution is -0.120. The van der Waals surface area contributed by atoms with E-state index in [0.717, 1.165) is 42.8 Å². The van der Waals surface area contributed by atoms with Crippen molar-refractivity contribution in [3.8, 4) is 11.5 Å². The highest BCUT2D eigenvalue weighted by atomic mass is 35.5. The lowest BCUT2D eigenvalue weighted by Crippen LogP contribution is -2.44. The smallest absolute Gasteiger partial charge is 0.262 e. The van der Waals surface area contributed by atoms with Crippen molar-refractivity contribution in [1.82, 2.24) is 4.90 Å². The third kappa shape index (κ3) is 6.30. The quantitative estimate of drug-likeness (QED) is 0.325. The van der Waals surface area contributed by atoms with Crippen LogP contribution in [-0.4, -0.2) is 42.6 Å². The van der Waals surface area contributed by atoms with Crippen molar-refractivity contribution >= 4 is 34.8 Å². The first-order chi connectivity index (χ1) is 20.7. The molecule has 2 aromatic rings. The van der Waals surface area contributed by atoms with Gasteiger partial charge in [-0.2, -0.15) is 0 Å². The van der Waals surface area contributed by atoms with Gasteiger partial charge in [-0.15, -0.1) is 0 Å². The van der Waals surface area contributed by atoms with Crippen molar-refractivity contribution in [3.63, 3.8) is 0 Å². The number of hydrogen-bond donors (Lipinski definition) is 1. The van der Waals surface area contributed by atoms with Crippen LogP contribution in [0.15, 0.2) is 58.9 Å². The Balaban J connectivity index is 1.56. The molecular weight excluding hydrogens is 576 g/mol. The molecule has 1 aliphatic heterocycles. The minimum atomic E-state index is -0.551. The molecule has 2 aliphatic carbocycles. The van der Waals surface area contributed by atoms with Gasteiger partial charge < -0.3 is 19.7 Å². The average Bonchev–Trinajstić information content (AvgIpc) is 2.91. The fourth-order valence-electron chi connectivity index (χ4n) is 6.98. The van der Waals surface area contributed by atoms with Crippen LogP contribution in [0.3, 0.4) is 0 Å². The van der Waals surface area contributed by atoms with Crippen LogP contribution in [0.25, 0.3) is 0 Å². The molecule has 0 aromatic heterocycles. The van der Waals surface area contributed by atoms with Gasteiger partial charge in [0.05, 0.1) is 12.1 Å². The number of aryl methyl sites for hydroxylation is 1. The van der Waals surface area contributed by atoms with Crippen LogP contribution in [0.5, 0.6) is 11.5 Å². The molecule has 0 atom stereocenters. The van der Waals surface area contributed by atoms with Crippen LogP contribution in [0.1, 0.15) is 83.8 Å². The van der Waals surface area contributed by atoms with Gasteiger partial charge in [-0.05, 0) is 72.4 Å². The van der Waals surface area contributed by atoms with E-state index in [1.807, 2.05) is 31.2 Å². The molecule has 0 unspecified atom stereocenters.